The van der Waals surface area contributed by atoms with E-state index in [0.717, 1.165) is 44.1 Å². The number of thiophene rings is 1. The summed E-state index contributed by atoms with van der Waals surface area (Å²) in [5.41, 5.74) is 2.37. The van der Waals surface area contributed by atoms with Crippen molar-refractivity contribution < 1.29 is 4.39 Å². The predicted molar refractivity (Wildman–Crippen MR) is 97.9 cm³/mol. The number of nitrogens with zero attached hydrogens (tertiary/aromatic N) is 2. The van der Waals surface area contributed by atoms with E-state index in [0.29, 0.717) is 6.54 Å². The zero-order valence-electron chi connectivity index (χ0n) is 13.9. The van der Waals surface area contributed by atoms with E-state index in [1.807, 2.05) is 17.4 Å². The normalized spacial score (nSPS) is 15.2. The summed E-state index contributed by atoms with van der Waals surface area (Å²) >= 11 is 1.87. The Balaban J connectivity index is 1.40. The van der Waals surface area contributed by atoms with Gasteiger partial charge in [-0.3, -0.25) is 9.89 Å². The fourth-order valence-corrected chi connectivity index (χ4v) is 3.77. The topological polar surface area (TPSA) is 39.7 Å². The van der Waals surface area contributed by atoms with Crippen LogP contribution in [0.5, 0.6) is 0 Å². The largest absolute Gasteiger partial charge is 0.355 e. The van der Waals surface area contributed by atoms with E-state index in [-0.39, 0.29) is 5.82 Å². The average Bonchev–Trinajstić information content (AvgIpc) is 3.05. The molecule has 0 saturated carbocycles. The maximum atomic E-state index is 13.2. The lowest BCUT2D eigenvalue weighted by atomic mass is 10.1. The molecule has 1 aromatic heterocycles. The Kier molecular flexibility index (Phi) is 5.82. The molecule has 2 heterocycles. The molecule has 2 N–H and O–H groups in total. The summed E-state index contributed by atoms with van der Waals surface area (Å²) in [6, 6.07) is 8.84. The second kappa shape index (κ2) is 8.26. The second-order valence-corrected chi connectivity index (χ2v) is 6.88. The smallest absolute Gasteiger partial charge is 0.191 e. The molecule has 0 fully saturated rings. The third-order valence-corrected chi connectivity index (χ3v) is 5.20. The first-order valence-corrected chi connectivity index (χ1v) is 9.09. The minimum absolute atomic E-state index is 0.213. The Labute approximate surface area is 146 Å². The van der Waals surface area contributed by atoms with Crippen molar-refractivity contribution >= 4 is 17.3 Å². The molecule has 0 aliphatic carbocycles. The van der Waals surface area contributed by atoms with Crippen LogP contribution in [0.4, 0.5) is 4.39 Å². The lowest BCUT2D eigenvalue weighted by molar-refractivity contribution is 0.260. The molecule has 24 heavy (non-hydrogen) atoms. The summed E-state index contributed by atoms with van der Waals surface area (Å²) < 4.78 is 13.2. The van der Waals surface area contributed by atoms with Gasteiger partial charge in [-0.2, -0.15) is 0 Å². The summed E-state index contributed by atoms with van der Waals surface area (Å²) in [6.07, 6.45) is 1.15. The number of benzene rings is 1. The third-order valence-electron chi connectivity index (χ3n) is 4.18. The maximum absolute atomic E-state index is 13.2. The van der Waals surface area contributed by atoms with Crippen LogP contribution in [0.15, 0.2) is 40.7 Å². The Hall–Kier alpha value is -1.92. The van der Waals surface area contributed by atoms with Gasteiger partial charge in [-0.05, 0) is 41.1 Å². The first-order valence-electron chi connectivity index (χ1n) is 8.21. The molecule has 1 aliphatic rings. The first-order chi connectivity index (χ1) is 11.7. The van der Waals surface area contributed by atoms with Crippen LogP contribution >= 0.6 is 11.3 Å². The number of guanidine groups is 1. The Morgan fingerprint density at radius 3 is 3.08 bits per heavy atom. The molecular weight excluding hydrogens is 323 g/mol. The van der Waals surface area contributed by atoms with Crippen molar-refractivity contribution in [3.05, 3.63) is 57.5 Å². The summed E-state index contributed by atoms with van der Waals surface area (Å²) in [6.45, 7) is 4.53. The van der Waals surface area contributed by atoms with Gasteiger partial charge in [-0.15, -0.1) is 11.3 Å². The van der Waals surface area contributed by atoms with Crippen molar-refractivity contribution in [3.8, 4) is 0 Å². The van der Waals surface area contributed by atoms with Crippen LogP contribution in [0.2, 0.25) is 0 Å². The van der Waals surface area contributed by atoms with Crippen molar-refractivity contribution in [3.63, 3.8) is 0 Å². The van der Waals surface area contributed by atoms with Crippen LogP contribution in [-0.4, -0.2) is 37.5 Å². The fourth-order valence-electron chi connectivity index (χ4n) is 2.88. The van der Waals surface area contributed by atoms with Gasteiger partial charge in [0, 0.05) is 44.6 Å². The molecule has 0 unspecified atom stereocenters. The highest BCUT2D eigenvalue weighted by Crippen LogP contribution is 2.23. The van der Waals surface area contributed by atoms with Crippen molar-refractivity contribution in [2.45, 2.75) is 19.5 Å². The Morgan fingerprint density at radius 2 is 2.25 bits per heavy atom. The molecule has 0 atom stereocenters. The van der Waals surface area contributed by atoms with Crippen LogP contribution in [-0.2, 0) is 19.5 Å². The molecule has 1 aliphatic heterocycles. The fraction of sp³-hybridized carbons (Fsp3) is 0.389. The highest BCUT2D eigenvalue weighted by Gasteiger charge is 2.16. The van der Waals surface area contributed by atoms with Gasteiger partial charge in [0.15, 0.2) is 5.96 Å². The Bertz CT molecular complexity index is 698. The maximum Gasteiger partial charge on any atom is 0.191 e. The summed E-state index contributed by atoms with van der Waals surface area (Å²) in [4.78, 5) is 8.21. The van der Waals surface area contributed by atoms with Crippen molar-refractivity contribution in [1.82, 2.24) is 15.5 Å². The standard InChI is InChI=1S/C18H23FN4S/c1-20-18(22-12-14-3-2-4-16(19)11-14)21-7-9-23-8-5-17-15(13-23)6-10-24-17/h2-4,6,10-11H,5,7-9,12-13H2,1H3,(H2,20,21,22). The van der Waals surface area contributed by atoms with Gasteiger partial charge in [0.05, 0.1) is 0 Å². The lowest BCUT2D eigenvalue weighted by Gasteiger charge is -2.27. The summed E-state index contributed by atoms with van der Waals surface area (Å²) in [7, 11) is 1.75. The van der Waals surface area contributed by atoms with E-state index in [9.17, 15) is 4.39 Å². The van der Waals surface area contributed by atoms with Crippen molar-refractivity contribution in [1.29, 1.82) is 0 Å². The van der Waals surface area contributed by atoms with Gasteiger partial charge in [0.25, 0.3) is 0 Å². The van der Waals surface area contributed by atoms with E-state index in [1.54, 1.807) is 13.1 Å². The Morgan fingerprint density at radius 1 is 1.33 bits per heavy atom. The van der Waals surface area contributed by atoms with Gasteiger partial charge >= 0.3 is 0 Å². The molecular formula is C18H23FN4S. The highest BCUT2D eigenvalue weighted by atomic mass is 32.1. The zero-order valence-corrected chi connectivity index (χ0v) is 14.7. The number of nitrogens with one attached hydrogen (secondary N) is 2. The zero-order chi connectivity index (χ0) is 16.8. The van der Waals surface area contributed by atoms with Crippen LogP contribution in [0.25, 0.3) is 0 Å². The van der Waals surface area contributed by atoms with E-state index >= 15 is 0 Å². The number of hydrogen-bond donors (Lipinski definition) is 2. The van der Waals surface area contributed by atoms with Crippen LogP contribution < -0.4 is 10.6 Å². The lowest BCUT2D eigenvalue weighted by Crippen LogP contribution is -2.42. The van der Waals surface area contributed by atoms with Crippen LogP contribution in [0.1, 0.15) is 16.0 Å². The summed E-state index contributed by atoms with van der Waals surface area (Å²) in [5, 5.41) is 8.73. The molecule has 3 rings (SSSR count). The van der Waals surface area contributed by atoms with Crippen LogP contribution in [0.3, 0.4) is 0 Å². The molecule has 128 valence electrons. The molecule has 4 nitrogen and oxygen atoms in total. The van der Waals surface area contributed by atoms with Gasteiger partial charge < -0.3 is 10.6 Å². The predicted octanol–water partition coefficient (Wildman–Crippen LogP) is 2.61. The monoisotopic (exact) mass is 346 g/mol. The number of halogens is 1. The number of hydrogen-bond acceptors (Lipinski definition) is 3. The first kappa shape index (κ1) is 16.9. The molecule has 0 radical (unpaired) electrons. The number of rotatable bonds is 5. The third kappa shape index (κ3) is 4.55. The molecule has 6 heteroatoms. The van der Waals surface area contributed by atoms with Gasteiger partial charge in [-0.25, -0.2) is 4.39 Å². The molecule has 1 aromatic carbocycles. The number of aliphatic imine (C=N–C) groups is 1. The molecule has 0 bridgehead atoms. The highest BCUT2D eigenvalue weighted by molar-refractivity contribution is 7.10. The van der Waals surface area contributed by atoms with Crippen molar-refractivity contribution in [2.75, 3.05) is 26.7 Å². The van der Waals surface area contributed by atoms with Crippen LogP contribution in [0, 0.1) is 5.82 Å². The molecule has 0 saturated heterocycles. The van der Waals surface area contributed by atoms with Gasteiger partial charge in [0.2, 0.25) is 0 Å². The van der Waals surface area contributed by atoms with Gasteiger partial charge in [-0.1, -0.05) is 12.1 Å². The quantitative estimate of drug-likeness (QED) is 0.646. The molecule has 0 spiro atoms. The van der Waals surface area contributed by atoms with E-state index in [4.69, 9.17) is 0 Å². The van der Waals surface area contributed by atoms with E-state index in [1.165, 1.54) is 22.6 Å². The molecule has 2 aromatic rings. The van der Waals surface area contributed by atoms with Crippen molar-refractivity contribution in [2.24, 2.45) is 4.99 Å². The van der Waals surface area contributed by atoms with E-state index in [2.05, 4.69) is 32.0 Å². The molecule has 0 amide bonds. The van der Waals surface area contributed by atoms with Gasteiger partial charge in [0.1, 0.15) is 5.82 Å². The SMILES string of the molecule is CN=C(NCCN1CCc2sccc2C1)NCc1cccc(F)c1. The second-order valence-electron chi connectivity index (χ2n) is 5.88. The van der Waals surface area contributed by atoms with E-state index < -0.39 is 0 Å². The summed E-state index contributed by atoms with van der Waals surface area (Å²) in [5.74, 6) is 0.530. The number of fused-ring (bicyclic) bond motifs is 1. The average molecular weight is 346 g/mol. The minimum atomic E-state index is -0.213. The minimum Gasteiger partial charge on any atom is -0.355 e.